The lowest BCUT2D eigenvalue weighted by Gasteiger charge is -2.32. The molecule has 0 spiro atoms. The van der Waals surface area contributed by atoms with Crippen LogP contribution in [0.25, 0.3) is 0 Å². The van der Waals surface area contributed by atoms with Gasteiger partial charge < -0.3 is 19.7 Å². The smallest absolute Gasteiger partial charge is 0.243 e. The van der Waals surface area contributed by atoms with Gasteiger partial charge in [-0.2, -0.15) is 0 Å². The first-order chi connectivity index (χ1) is 18.5. The van der Waals surface area contributed by atoms with E-state index in [1.165, 1.54) is 0 Å². The number of ether oxygens (including phenoxy) is 2. The molecule has 1 unspecified atom stereocenters. The van der Waals surface area contributed by atoms with E-state index in [4.69, 9.17) is 9.47 Å². The maximum atomic E-state index is 13.9. The Morgan fingerprint density at radius 3 is 2.42 bits per heavy atom. The first kappa shape index (κ1) is 27.2. The molecule has 1 heterocycles. The predicted molar refractivity (Wildman–Crippen MR) is 149 cm³/mol. The van der Waals surface area contributed by atoms with E-state index in [1.807, 2.05) is 79.7 Å². The number of benzene rings is 3. The van der Waals surface area contributed by atoms with Crippen molar-refractivity contribution in [1.29, 1.82) is 0 Å². The fraction of sp³-hybridized carbons (Fsp3) is 0.375. The summed E-state index contributed by atoms with van der Waals surface area (Å²) in [5.74, 6) is 1.30. The van der Waals surface area contributed by atoms with Crippen LogP contribution in [0, 0.1) is 6.92 Å². The Labute approximate surface area is 226 Å². The topological polar surface area (TPSA) is 67.9 Å². The average molecular weight is 515 g/mol. The normalized spacial score (nSPS) is 13.0. The molecular formula is C32H38N2O4. The van der Waals surface area contributed by atoms with E-state index in [0.29, 0.717) is 45.6 Å². The first-order valence-corrected chi connectivity index (χ1v) is 13.6. The van der Waals surface area contributed by atoms with E-state index in [0.717, 1.165) is 46.6 Å². The van der Waals surface area contributed by atoms with Gasteiger partial charge in [0.1, 0.15) is 19.3 Å². The lowest BCUT2D eigenvalue weighted by Crippen LogP contribution is -2.50. The Bertz CT molecular complexity index is 1210. The molecule has 0 bridgehead atoms. The molecule has 4 rings (SSSR count). The molecular weight excluding hydrogens is 476 g/mol. The second-order valence-corrected chi connectivity index (χ2v) is 9.78. The predicted octanol–water partition coefficient (Wildman–Crippen LogP) is 5.26. The number of hydrogen-bond donors (Lipinski definition) is 1. The summed E-state index contributed by atoms with van der Waals surface area (Å²) < 4.78 is 11.3. The van der Waals surface area contributed by atoms with E-state index in [9.17, 15) is 9.59 Å². The molecule has 0 saturated heterocycles. The highest BCUT2D eigenvalue weighted by Gasteiger charge is 2.30. The summed E-state index contributed by atoms with van der Waals surface area (Å²) in [4.78, 5) is 29.2. The zero-order valence-electron chi connectivity index (χ0n) is 22.4. The van der Waals surface area contributed by atoms with Crippen molar-refractivity contribution < 1.29 is 19.1 Å². The van der Waals surface area contributed by atoms with Crippen molar-refractivity contribution >= 4 is 11.8 Å². The summed E-state index contributed by atoms with van der Waals surface area (Å²) in [6.07, 6.45) is 3.19. The number of amides is 2. The van der Waals surface area contributed by atoms with Gasteiger partial charge in [-0.05, 0) is 54.2 Å². The number of aryl methyl sites for hydroxylation is 2. The Balaban J connectivity index is 1.58. The van der Waals surface area contributed by atoms with Crippen molar-refractivity contribution in [2.24, 2.45) is 0 Å². The van der Waals surface area contributed by atoms with Crippen LogP contribution in [0.1, 0.15) is 48.4 Å². The number of unbranched alkanes of at least 4 members (excludes halogenated alkanes) is 1. The molecule has 0 saturated carbocycles. The van der Waals surface area contributed by atoms with Crippen LogP contribution < -0.4 is 14.8 Å². The van der Waals surface area contributed by atoms with E-state index < -0.39 is 6.04 Å². The lowest BCUT2D eigenvalue weighted by molar-refractivity contribution is -0.141. The summed E-state index contributed by atoms with van der Waals surface area (Å²) in [5, 5.41) is 3.08. The molecule has 0 aliphatic carbocycles. The van der Waals surface area contributed by atoms with Gasteiger partial charge in [-0.3, -0.25) is 9.59 Å². The lowest BCUT2D eigenvalue weighted by atomic mass is 10.00. The first-order valence-electron chi connectivity index (χ1n) is 13.6. The number of hydrogen-bond acceptors (Lipinski definition) is 4. The average Bonchev–Trinajstić information content (AvgIpc) is 2.95. The van der Waals surface area contributed by atoms with Crippen LogP contribution >= 0.6 is 0 Å². The monoisotopic (exact) mass is 514 g/mol. The third-order valence-corrected chi connectivity index (χ3v) is 6.94. The van der Waals surface area contributed by atoms with Gasteiger partial charge in [-0.1, -0.05) is 74.0 Å². The molecule has 3 aromatic carbocycles. The highest BCUT2D eigenvalue weighted by atomic mass is 16.6. The van der Waals surface area contributed by atoms with Crippen molar-refractivity contribution in [3.8, 4) is 11.5 Å². The van der Waals surface area contributed by atoms with Crippen LogP contribution in [0.5, 0.6) is 11.5 Å². The molecule has 6 nitrogen and oxygen atoms in total. The molecule has 3 aromatic rings. The standard InChI is InChI=1S/C32H38N2O4/c1-3-4-18-33-32(36)28(21-25-11-6-5-7-12-25)34(23-27-13-9-8-10-24(27)2)31(35)17-15-26-14-16-29-30(22-26)38-20-19-37-29/h5-14,16,22,28H,3-4,15,17-21,23H2,1-2H3,(H,33,36). The molecule has 1 aliphatic rings. The van der Waals surface area contributed by atoms with Gasteiger partial charge in [0.05, 0.1) is 0 Å². The van der Waals surface area contributed by atoms with Gasteiger partial charge in [-0.25, -0.2) is 0 Å². The van der Waals surface area contributed by atoms with Gasteiger partial charge >= 0.3 is 0 Å². The number of nitrogens with zero attached hydrogens (tertiary/aromatic N) is 1. The van der Waals surface area contributed by atoms with Gasteiger partial charge in [0.2, 0.25) is 11.8 Å². The second-order valence-electron chi connectivity index (χ2n) is 9.78. The second kappa shape index (κ2) is 13.7. The van der Waals surface area contributed by atoms with Crippen molar-refractivity contribution in [1.82, 2.24) is 10.2 Å². The Morgan fingerprint density at radius 1 is 0.921 bits per heavy atom. The van der Waals surface area contributed by atoms with Gasteiger partial charge in [0, 0.05) is 25.9 Å². The minimum atomic E-state index is -0.610. The number of fused-ring (bicyclic) bond motifs is 1. The highest BCUT2D eigenvalue weighted by Crippen LogP contribution is 2.31. The quantitative estimate of drug-likeness (QED) is 0.335. The molecule has 1 N–H and O–H groups in total. The van der Waals surface area contributed by atoms with E-state index in [2.05, 4.69) is 12.2 Å². The van der Waals surface area contributed by atoms with E-state index in [-0.39, 0.29) is 11.8 Å². The molecule has 38 heavy (non-hydrogen) atoms. The van der Waals surface area contributed by atoms with Crippen LogP contribution in [-0.2, 0) is 29.0 Å². The summed E-state index contributed by atoms with van der Waals surface area (Å²) in [5.41, 5.74) is 4.17. The minimum Gasteiger partial charge on any atom is -0.486 e. The molecule has 2 amide bonds. The van der Waals surface area contributed by atoms with Crippen LogP contribution in [0.15, 0.2) is 72.8 Å². The molecule has 1 atom stereocenters. The number of rotatable bonds is 12. The summed E-state index contributed by atoms with van der Waals surface area (Å²) >= 11 is 0. The molecule has 1 aliphatic heterocycles. The summed E-state index contributed by atoms with van der Waals surface area (Å²) in [6, 6.07) is 23.2. The van der Waals surface area contributed by atoms with E-state index >= 15 is 0 Å². The van der Waals surface area contributed by atoms with Gasteiger partial charge in [-0.15, -0.1) is 0 Å². The fourth-order valence-electron chi connectivity index (χ4n) is 4.67. The molecule has 0 fully saturated rings. The Kier molecular flexibility index (Phi) is 9.79. The third kappa shape index (κ3) is 7.37. The Morgan fingerprint density at radius 2 is 1.66 bits per heavy atom. The maximum Gasteiger partial charge on any atom is 0.243 e. The third-order valence-electron chi connectivity index (χ3n) is 6.94. The van der Waals surface area contributed by atoms with Crippen molar-refractivity contribution in [3.05, 3.63) is 95.1 Å². The van der Waals surface area contributed by atoms with Crippen molar-refractivity contribution in [2.75, 3.05) is 19.8 Å². The molecule has 200 valence electrons. The van der Waals surface area contributed by atoms with E-state index in [1.54, 1.807) is 4.90 Å². The summed E-state index contributed by atoms with van der Waals surface area (Å²) in [6.45, 7) is 6.19. The zero-order chi connectivity index (χ0) is 26.7. The minimum absolute atomic E-state index is 0.0466. The number of carbonyl (C=O) groups is 2. The molecule has 6 heteroatoms. The Hall–Kier alpha value is -3.80. The summed E-state index contributed by atoms with van der Waals surface area (Å²) in [7, 11) is 0. The number of nitrogens with one attached hydrogen (secondary N) is 1. The van der Waals surface area contributed by atoms with Crippen LogP contribution in [0.2, 0.25) is 0 Å². The van der Waals surface area contributed by atoms with Crippen molar-refractivity contribution in [3.63, 3.8) is 0 Å². The van der Waals surface area contributed by atoms with Gasteiger partial charge in [0.15, 0.2) is 11.5 Å². The zero-order valence-corrected chi connectivity index (χ0v) is 22.4. The maximum absolute atomic E-state index is 13.9. The number of carbonyl (C=O) groups excluding carboxylic acids is 2. The van der Waals surface area contributed by atoms with Crippen LogP contribution in [0.3, 0.4) is 0 Å². The van der Waals surface area contributed by atoms with Crippen molar-refractivity contribution in [2.45, 2.75) is 58.5 Å². The van der Waals surface area contributed by atoms with Crippen LogP contribution in [-0.4, -0.2) is 42.5 Å². The largest absolute Gasteiger partial charge is 0.486 e. The van der Waals surface area contributed by atoms with Gasteiger partial charge in [0.25, 0.3) is 0 Å². The SMILES string of the molecule is CCCCNC(=O)C(Cc1ccccc1)N(Cc1ccccc1C)C(=O)CCc1ccc2c(c1)OCCO2. The highest BCUT2D eigenvalue weighted by molar-refractivity contribution is 5.88. The van der Waals surface area contributed by atoms with Crippen LogP contribution in [0.4, 0.5) is 0 Å². The molecule has 0 radical (unpaired) electrons. The fourth-order valence-corrected chi connectivity index (χ4v) is 4.67. The molecule has 0 aromatic heterocycles.